The summed E-state index contributed by atoms with van der Waals surface area (Å²) in [6.07, 6.45) is 0. The number of carbonyl (C=O) groups excluding carboxylic acids is 2. The Hall–Kier alpha value is -2.24. The van der Waals surface area contributed by atoms with Crippen LogP contribution in [0.25, 0.3) is 0 Å². The van der Waals surface area contributed by atoms with Crippen molar-refractivity contribution in [2.75, 3.05) is 27.9 Å². The van der Waals surface area contributed by atoms with E-state index in [4.69, 9.17) is 18.9 Å². The maximum Gasteiger partial charge on any atom is 0.379 e. The smallest absolute Gasteiger partial charge is 0.379 e. The van der Waals surface area contributed by atoms with Crippen LogP contribution in [0, 0.1) is 6.92 Å². The maximum atomic E-state index is 12.1. The van der Waals surface area contributed by atoms with E-state index in [1.54, 1.807) is 13.8 Å². The first-order valence-corrected chi connectivity index (χ1v) is 6.02. The largest absolute Gasteiger partial charge is 0.496 e. The van der Waals surface area contributed by atoms with Crippen LogP contribution >= 0.6 is 0 Å². The van der Waals surface area contributed by atoms with Crippen molar-refractivity contribution in [2.24, 2.45) is 0 Å². The second-order valence-electron chi connectivity index (χ2n) is 3.87. The van der Waals surface area contributed by atoms with E-state index in [2.05, 4.69) is 0 Å². The van der Waals surface area contributed by atoms with E-state index in [-0.39, 0.29) is 17.9 Å². The fourth-order valence-electron chi connectivity index (χ4n) is 1.90. The molecule has 0 bridgehead atoms. The number of rotatable bonds is 6. The highest BCUT2D eigenvalue weighted by atomic mass is 16.5. The lowest BCUT2D eigenvalue weighted by Gasteiger charge is -2.16. The molecule has 1 aromatic carbocycles. The fourth-order valence-corrected chi connectivity index (χ4v) is 1.90. The monoisotopic (exact) mass is 282 g/mol. The first kappa shape index (κ1) is 15.8. The van der Waals surface area contributed by atoms with Gasteiger partial charge in [-0.2, -0.15) is 0 Å². The number of hydrogen-bond donors (Lipinski definition) is 0. The van der Waals surface area contributed by atoms with Crippen LogP contribution < -0.4 is 14.2 Å². The highest BCUT2D eigenvalue weighted by Crippen LogP contribution is 2.39. The number of ether oxygens (including phenoxy) is 4. The molecule has 6 heteroatoms. The van der Waals surface area contributed by atoms with Gasteiger partial charge in [0, 0.05) is 5.56 Å². The minimum atomic E-state index is -0.933. The predicted molar refractivity (Wildman–Crippen MR) is 71.8 cm³/mol. The third-order valence-electron chi connectivity index (χ3n) is 2.76. The Bertz CT molecular complexity index is 521. The Kier molecular flexibility index (Phi) is 5.37. The van der Waals surface area contributed by atoms with Gasteiger partial charge >= 0.3 is 5.97 Å². The van der Waals surface area contributed by atoms with Crippen LogP contribution in [0.3, 0.4) is 0 Å². The van der Waals surface area contributed by atoms with Crippen LogP contribution in [0.15, 0.2) is 6.07 Å². The summed E-state index contributed by atoms with van der Waals surface area (Å²) in [5.74, 6) is -0.658. The van der Waals surface area contributed by atoms with E-state index in [9.17, 15) is 9.59 Å². The second-order valence-corrected chi connectivity index (χ2v) is 3.87. The van der Waals surface area contributed by atoms with E-state index >= 15 is 0 Å². The van der Waals surface area contributed by atoms with Gasteiger partial charge in [-0.05, 0) is 19.9 Å². The molecule has 0 aliphatic heterocycles. The van der Waals surface area contributed by atoms with Gasteiger partial charge in [0.15, 0.2) is 11.5 Å². The van der Waals surface area contributed by atoms with Crippen molar-refractivity contribution in [1.82, 2.24) is 0 Å². The molecule has 0 aromatic heterocycles. The Balaban J connectivity index is 3.42. The van der Waals surface area contributed by atoms with Gasteiger partial charge in [0.1, 0.15) is 5.75 Å². The molecule has 0 radical (unpaired) electrons. The molecule has 110 valence electrons. The van der Waals surface area contributed by atoms with E-state index in [0.29, 0.717) is 17.1 Å². The summed E-state index contributed by atoms with van der Waals surface area (Å²) < 4.78 is 20.3. The highest BCUT2D eigenvalue weighted by molar-refractivity contribution is 6.41. The van der Waals surface area contributed by atoms with Gasteiger partial charge in [-0.3, -0.25) is 4.79 Å². The van der Waals surface area contributed by atoms with Gasteiger partial charge in [-0.1, -0.05) is 0 Å². The van der Waals surface area contributed by atoms with E-state index in [1.807, 2.05) is 0 Å². The van der Waals surface area contributed by atoms with Gasteiger partial charge in [-0.25, -0.2) is 4.79 Å². The van der Waals surface area contributed by atoms with Crippen molar-refractivity contribution in [3.05, 3.63) is 17.2 Å². The molecule has 0 heterocycles. The molecule has 1 aromatic rings. The number of carbonyl (C=O) groups is 2. The number of methoxy groups -OCH3 is 3. The summed E-state index contributed by atoms with van der Waals surface area (Å²) in [6, 6.07) is 1.41. The number of esters is 1. The lowest BCUT2D eigenvalue weighted by molar-refractivity contribution is -0.137. The van der Waals surface area contributed by atoms with Crippen molar-refractivity contribution < 1.29 is 28.5 Å². The number of ketones is 1. The van der Waals surface area contributed by atoms with Gasteiger partial charge in [-0.15, -0.1) is 0 Å². The van der Waals surface area contributed by atoms with Crippen LogP contribution in [-0.4, -0.2) is 39.7 Å². The van der Waals surface area contributed by atoms with Crippen LogP contribution in [0.5, 0.6) is 17.2 Å². The molecule has 0 N–H and O–H groups in total. The van der Waals surface area contributed by atoms with Crippen LogP contribution in [0.4, 0.5) is 0 Å². The fraction of sp³-hybridized carbons (Fsp3) is 0.429. The molecule has 0 saturated heterocycles. The summed E-state index contributed by atoms with van der Waals surface area (Å²) in [5.41, 5.74) is 0.656. The summed E-state index contributed by atoms with van der Waals surface area (Å²) in [6.45, 7) is 3.46. The van der Waals surface area contributed by atoms with Gasteiger partial charge in [0.05, 0.1) is 33.5 Å². The molecular formula is C14H18O6. The first-order chi connectivity index (χ1) is 9.51. The lowest BCUT2D eigenvalue weighted by Crippen LogP contribution is -2.19. The molecule has 0 atom stereocenters. The summed E-state index contributed by atoms with van der Waals surface area (Å²) >= 11 is 0. The highest BCUT2D eigenvalue weighted by Gasteiger charge is 2.26. The van der Waals surface area contributed by atoms with Crippen LogP contribution in [0.2, 0.25) is 0 Å². The van der Waals surface area contributed by atoms with E-state index < -0.39 is 11.8 Å². The quantitative estimate of drug-likeness (QED) is 0.450. The molecule has 0 fully saturated rings. The van der Waals surface area contributed by atoms with Gasteiger partial charge in [0.25, 0.3) is 5.78 Å². The Morgan fingerprint density at radius 1 is 1.05 bits per heavy atom. The summed E-state index contributed by atoms with van der Waals surface area (Å²) in [4.78, 5) is 23.7. The van der Waals surface area contributed by atoms with E-state index in [1.165, 1.54) is 27.4 Å². The maximum absolute atomic E-state index is 12.1. The molecule has 1 rings (SSSR count). The molecule has 0 spiro atoms. The van der Waals surface area contributed by atoms with Gasteiger partial charge < -0.3 is 18.9 Å². The molecule has 0 amide bonds. The zero-order valence-corrected chi connectivity index (χ0v) is 12.2. The number of benzene rings is 1. The molecule has 20 heavy (non-hydrogen) atoms. The second kappa shape index (κ2) is 6.79. The third kappa shape index (κ3) is 2.84. The lowest BCUT2D eigenvalue weighted by atomic mass is 10.0. The minimum Gasteiger partial charge on any atom is -0.496 e. The standard InChI is InChI=1S/C14H18O6/c1-6-20-14(16)11(15)9-7-10(17-3)13(19-5)8(2)12(9)18-4/h7H,6H2,1-5H3. The molecule has 0 aliphatic carbocycles. The topological polar surface area (TPSA) is 71.1 Å². The van der Waals surface area contributed by atoms with Crippen LogP contribution in [0.1, 0.15) is 22.8 Å². The number of Topliss-reactive ketones (excluding diaryl/α,β-unsaturated/α-hetero) is 1. The molecule has 6 nitrogen and oxygen atoms in total. The molecule has 0 saturated carbocycles. The summed E-state index contributed by atoms with van der Waals surface area (Å²) in [7, 11) is 4.34. The van der Waals surface area contributed by atoms with E-state index in [0.717, 1.165) is 0 Å². The predicted octanol–water partition coefficient (Wildman–Crippen LogP) is 1.77. The average molecular weight is 282 g/mol. The van der Waals surface area contributed by atoms with Crippen molar-refractivity contribution in [3.63, 3.8) is 0 Å². The Morgan fingerprint density at radius 3 is 2.10 bits per heavy atom. The third-order valence-corrected chi connectivity index (χ3v) is 2.76. The van der Waals surface area contributed by atoms with Gasteiger partial charge in [0.2, 0.25) is 0 Å². The Morgan fingerprint density at radius 2 is 1.65 bits per heavy atom. The average Bonchev–Trinajstić information content (AvgIpc) is 2.45. The van der Waals surface area contributed by atoms with Crippen molar-refractivity contribution >= 4 is 11.8 Å². The molecule has 0 aliphatic rings. The first-order valence-electron chi connectivity index (χ1n) is 6.02. The minimum absolute atomic E-state index is 0.0844. The SMILES string of the molecule is CCOC(=O)C(=O)c1cc(OC)c(OC)c(C)c1OC. The molecular weight excluding hydrogens is 264 g/mol. The Labute approximate surface area is 117 Å². The normalized spacial score (nSPS) is 9.85. The molecule has 0 unspecified atom stereocenters. The zero-order valence-electron chi connectivity index (χ0n) is 12.2. The van der Waals surface area contributed by atoms with Crippen LogP contribution in [-0.2, 0) is 9.53 Å². The summed E-state index contributed by atoms with van der Waals surface area (Å²) in [5, 5.41) is 0. The van der Waals surface area contributed by atoms with Crippen molar-refractivity contribution in [1.29, 1.82) is 0 Å². The van der Waals surface area contributed by atoms with Crippen molar-refractivity contribution in [2.45, 2.75) is 13.8 Å². The van der Waals surface area contributed by atoms with Crippen molar-refractivity contribution in [3.8, 4) is 17.2 Å². The zero-order chi connectivity index (χ0) is 15.3. The number of hydrogen-bond acceptors (Lipinski definition) is 6.